The maximum atomic E-state index is 12.4. The number of nitrogens with zero attached hydrogens (tertiary/aromatic N) is 3. The Labute approximate surface area is 188 Å². The number of hydrogen-bond donors (Lipinski definition) is 4. The minimum Gasteiger partial charge on any atom is -0.386 e. The van der Waals surface area contributed by atoms with E-state index in [1.54, 1.807) is 24.3 Å². The number of hydrogen-bond acceptors (Lipinski definition) is 10. The van der Waals surface area contributed by atoms with E-state index in [2.05, 4.69) is 15.0 Å². The molecule has 5 N–H and O–H groups in total. The van der Waals surface area contributed by atoms with Gasteiger partial charge in [-0.3, -0.25) is 18.9 Å². The molecule has 31 heavy (non-hydrogen) atoms. The van der Waals surface area contributed by atoms with Crippen LogP contribution in [-0.2, 0) is 25.6 Å². The van der Waals surface area contributed by atoms with Gasteiger partial charge in [0.15, 0.2) is 22.5 Å². The second-order valence-corrected chi connectivity index (χ2v) is 11.1. The lowest BCUT2D eigenvalue weighted by Crippen LogP contribution is -2.39. The van der Waals surface area contributed by atoms with Crippen molar-refractivity contribution in [2.24, 2.45) is 0 Å². The van der Waals surface area contributed by atoms with Crippen LogP contribution in [0.2, 0.25) is 5.02 Å². The fourth-order valence-corrected chi connectivity index (χ4v) is 5.92. The van der Waals surface area contributed by atoms with Gasteiger partial charge in [0.1, 0.15) is 18.3 Å². The Morgan fingerprint density at radius 2 is 2.10 bits per heavy atom. The number of aliphatic hydroxyl groups is 1. The Morgan fingerprint density at radius 3 is 2.84 bits per heavy atom. The third-order valence-electron chi connectivity index (χ3n) is 4.78. The molecular weight excluding hydrogens is 489 g/mol. The molecule has 5 atom stereocenters. The summed E-state index contributed by atoms with van der Waals surface area (Å²) in [7, 11) is 0. The number of nitrogens with two attached hydrogens (primary N) is 1. The van der Waals surface area contributed by atoms with Gasteiger partial charge in [-0.25, -0.2) is 4.98 Å². The molecule has 164 valence electrons. The van der Waals surface area contributed by atoms with Crippen LogP contribution in [0.5, 0.6) is 0 Å². The Bertz CT molecular complexity index is 1270. The van der Waals surface area contributed by atoms with E-state index in [-0.39, 0.29) is 23.7 Å². The Kier molecular flexibility index (Phi) is 5.36. The van der Waals surface area contributed by atoms with Crippen molar-refractivity contribution in [1.29, 1.82) is 0 Å². The molecule has 5 rings (SSSR count). The van der Waals surface area contributed by atoms with Crippen molar-refractivity contribution in [3.8, 4) is 0 Å². The Balaban J connectivity index is 1.62. The summed E-state index contributed by atoms with van der Waals surface area (Å²) in [6.07, 6.45) is -3.89. The molecule has 11 nitrogen and oxygen atoms in total. The van der Waals surface area contributed by atoms with Crippen LogP contribution in [0.25, 0.3) is 11.2 Å². The minimum absolute atomic E-state index is 0.0285. The first-order valence-electron chi connectivity index (χ1n) is 8.92. The maximum Gasteiger partial charge on any atom is 0.325 e. The highest BCUT2D eigenvalue weighted by molar-refractivity contribution is 8.07. The first-order chi connectivity index (χ1) is 14.7. The number of fused-ring (bicyclic) bond motifs is 2. The largest absolute Gasteiger partial charge is 0.386 e. The van der Waals surface area contributed by atoms with Crippen LogP contribution in [0.1, 0.15) is 6.23 Å². The van der Waals surface area contributed by atoms with E-state index < -0.39 is 36.8 Å². The van der Waals surface area contributed by atoms with Crippen LogP contribution in [0, 0.1) is 0 Å². The number of nitrogens with one attached hydrogen (secondary N) is 1. The number of halogens is 1. The van der Waals surface area contributed by atoms with Gasteiger partial charge >= 0.3 is 6.72 Å². The van der Waals surface area contributed by atoms with Gasteiger partial charge in [0.2, 0.25) is 5.95 Å². The van der Waals surface area contributed by atoms with Crippen molar-refractivity contribution < 1.29 is 23.8 Å². The van der Waals surface area contributed by atoms with Crippen LogP contribution < -0.4 is 11.3 Å². The van der Waals surface area contributed by atoms with Crippen molar-refractivity contribution in [2.45, 2.75) is 34.6 Å². The standard InChI is InChI=1S/C16H15ClN5O6PS2/c17-6-1-3-7(4-2-6)31-16-19-9-12(20-15(18)21-13(9)24)22(16)14-10(23)11-8(27-14)5-26-29(25,30)28-11/h1-4,8,10-11,14,23H,5H2,(H,25,30)(H3,18,20,21,24)/t8-,10-,11+,14-,29?/m1/s1. The van der Waals surface area contributed by atoms with Gasteiger partial charge in [0.05, 0.1) is 6.61 Å². The van der Waals surface area contributed by atoms with Gasteiger partial charge in [-0.2, -0.15) is 4.98 Å². The average Bonchev–Trinajstić information content (AvgIpc) is 3.20. The Hall–Kier alpha value is -1.54. The quantitative estimate of drug-likeness (QED) is 0.383. The highest BCUT2D eigenvalue weighted by atomic mass is 35.5. The first kappa shape index (κ1) is 21.3. The summed E-state index contributed by atoms with van der Waals surface area (Å²) in [5.41, 5.74) is 5.36. The topological polar surface area (TPSA) is 158 Å². The molecule has 1 aromatic carbocycles. The number of aromatic amines is 1. The van der Waals surface area contributed by atoms with E-state index in [0.29, 0.717) is 10.2 Å². The molecule has 2 aromatic heterocycles. The zero-order valence-electron chi connectivity index (χ0n) is 15.4. The number of imidazole rings is 1. The van der Waals surface area contributed by atoms with Crippen molar-refractivity contribution in [3.05, 3.63) is 39.6 Å². The summed E-state index contributed by atoms with van der Waals surface area (Å²) >= 11 is 12.1. The molecule has 2 saturated heterocycles. The molecule has 15 heteroatoms. The number of ether oxygens (including phenoxy) is 1. The second-order valence-electron chi connectivity index (χ2n) is 6.83. The smallest absolute Gasteiger partial charge is 0.325 e. The van der Waals surface area contributed by atoms with Crippen LogP contribution in [-0.4, -0.2) is 54.4 Å². The predicted octanol–water partition coefficient (Wildman–Crippen LogP) is 1.40. The van der Waals surface area contributed by atoms with Gasteiger partial charge in [-0.05, 0) is 36.1 Å². The minimum atomic E-state index is -3.47. The molecule has 0 amide bonds. The van der Waals surface area contributed by atoms with Gasteiger partial charge in [-0.15, -0.1) is 0 Å². The van der Waals surface area contributed by atoms with Crippen LogP contribution in [0.15, 0.2) is 39.1 Å². The zero-order valence-corrected chi connectivity index (χ0v) is 18.7. The summed E-state index contributed by atoms with van der Waals surface area (Å²) in [5.74, 6) is -0.114. The van der Waals surface area contributed by atoms with Crippen molar-refractivity contribution in [1.82, 2.24) is 19.5 Å². The van der Waals surface area contributed by atoms with Gasteiger partial charge in [0.25, 0.3) is 5.56 Å². The van der Waals surface area contributed by atoms with Crippen molar-refractivity contribution in [2.75, 3.05) is 12.3 Å². The molecule has 1 unspecified atom stereocenters. The molecule has 0 bridgehead atoms. The molecular formula is C16H15ClN5O6PS2. The zero-order chi connectivity index (χ0) is 21.9. The van der Waals surface area contributed by atoms with E-state index in [9.17, 15) is 14.8 Å². The fourth-order valence-electron chi connectivity index (χ4n) is 3.44. The van der Waals surface area contributed by atoms with Gasteiger partial charge in [-0.1, -0.05) is 23.4 Å². The molecule has 0 aliphatic carbocycles. The number of aliphatic hydroxyl groups excluding tert-OH is 1. The fraction of sp³-hybridized carbons (Fsp3) is 0.312. The van der Waals surface area contributed by atoms with E-state index in [0.717, 1.165) is 4.90 Å². The van der Waals surface area contributed by atoms with Gasteiger partial charge < -0.3 is 25.0 Å². The molecule has 2 aliphatic heterocycles. The van der Waals surface area contributed by atoms with Crippen molar-refractivity contribution >= 4 is 59.0 Å². The molecule has 0 spiro atoms. The van der Waals surface area contributed by atoms with Crippen LogP contribution in [0.3, 0.4) is 0 Å². The Morgan fingerprint density at radius 1 is 1.35 bits per heavy atom. The molecule has 0 saturated carbocycles. The third-order valence-corrected chi connectivity index (χ3v) is 7.57. The number of H-pyrrole nitrogens is 1. The highest BCUT2D eigenvalue weighted by Crippen LogP contribution is 2.53. The van der Waals surface area contributed by atoms with Crippen molar-refractivity contribution in [3.63, 3.8) is 0 Å². The molecule has 2 aliphatic rings. The summed E-state index contributed by atoms with van der Waals surface area (Å²) in [5, 5.41) is 11.8. The number of nitrogen functional groups attached to an aromatic ring is 1. The van der Waals surface area contributed by atoms with Gasteiger partial charge in [0, 0.05) is 9.92 Å². The first-order valence-corrected chi connectivity index (χ1v) is 12.7. The third kappa shape index (κ3) is 3.90. The molecule has 2 fully saturated rings. The molecule has 3 aromatic rings. The van der Waals surface area contributed by atoms with E-state index >= 15 is 0 Å². The number of rotatable bonds is 3. The average molecular weight is 504 g/mol. The summed E-state index contributed by atoms with van der Waals surface area (Å²) in [4.78, 5) is 34.2. The number of aromatic nitrogens is 4. The normalized spacial score (nSPS) is 30.5. The number of anilines is 1. The number of benzene rings is 1. The summed E-state index contributed by atoms with van der Waals surface area (Å²) in [6, 6.07) is 7.00. The predicted molar refractivity (Wildman–Crippen MR) is 115 cm³/mol. The SMILES string of the molecule is Nc1nc2c(nc(Sc3ccc(Cl)cc3)n2[C@@H]2O[C@@H]3COP(O)(=S)O[C@@H]3[C@H]2O)c(=O)[nH]1. The van der Waals surface area contributed by atoms with Crippen LogP contribution >= 0.6 is 30.1 Å². The maximum absolute atomic E-state index is 12.4. The summed E-state index contributed by atoms with van der Waals surface area (Å²) in [6.45, 7) is -3.52. The lowest BCUT2D eigenvalue weighted by atomic mass is 10.1. The van der Waals surface area contributed by atoms with E-state index in [1.165, 1.54) is 16.3 Å². The second kappa shape index (κ2) is 7.80. The lowest BCUT2D eigenvalue weighted by Gasteiger charge is -2.30. The van der Waals surface area contributed by atoms with Crippen LogP contribution in [0.4, 0.5) is 5.95 Å². The van der Waals surface area contributed by atoms with E-state index in [1.807, 2.05) is 0 Å². The summed E-state index contributed by atoms with van der Waals surface area (Å²) < 4.78 is 18.0. The monoisotopic (exact) mass is 503 g/mol. The van der Waals surface area contributed by atoms with E-state index in [4.69, 9.17) is 42.9 Å². The molecule has 0 radical (unpaired) electrons. The lowest BCUT2D eigenvalue weighted by molar-refractivity contribution is -0.0619. The highest BCUT2D eigenvalue weighted by Gasteiger charge is 2.52. The molecule has 4 heterocycles.